The molecule has 1 aromatic heterocycles. The first-order chi connectivity index (χ1) is 8.08. The molecular weight excluding hydrogens is 256 g/mol. The molecule has 90 valence electrons. The predicted octanol–water partition coefficient (Wildman–Crippen LogP) is 2.65. The van der Waals surface area contributed by atoms with E-state index in [0.29, 0.717) is 10.7 Å². The van der Waals surface area contributed by atoms with Crippen molar-refractivity contribution < 1.29 is 0 Å². The summed E-state index contributed by atoms with van der Waals surface area (Å²) in [5.41, 5.74) is 6.58. The maximum Gasteiger partial charge on any atom is 0.143 e. The van der Waals surface area contributed by atoms with E-state index in [1.165, 1.54) is 0 Å². The molecule has 0 spiro atoms. The Bertz CT molecular complexity index is 538. The number of hydrogen-bond acceptors (Lipinski definition) is 4. The first-order valence-electron chi connectivity index (χ1n) is 5.10. The molecular formula is C11H13ClN4S. The van der Waals surface area contributed by atoms with Crippen molar-refractivity contribution in [2.75, 3.05) is 5.73 Å². The van der Waals surface area contributed by atoms with Gasteiger partial charge in [0.1, 0.15) is 11.6 Å². The fourth-order valence-corrected chi connectivity index (χ4v) is 2.48. The molecule has 0 aliphatic rings. The van der Waals surface area contributed by atoms with E-state index in [9.17, 15) is 0 Å². The van der Waals surface area contributed by atoms with Crippen molar-refractivity contribution in [2.24, 2.45) is 7.05 Å². The van der Waals surface area contributed by atoms with Crippen LogP contribution in [0.15, 0.2) is 23.1 Å². The summed E-state index contributed by atoms with van der Waals surface area (Å²) in [6.07, 6.45) is 0. The monoisotopic (exact) mass is 268 g/mol. The molecule has 6 heteroatoms. The van der Waals surface area contributed by atoms with Gasteiger partial charge in [-0.1, -0.05) is 11.6 Å². The maximum absolute atomic E-state index is 5.88. The number of aromatic nitrogens is 3. The van der Waals surface area contributed by atoms with E-state index in [1.807, 2.05) is 30.7 Å². The van der Waals surface area contributed by atoms with Gasteiger partial charge in [0.15, 0.2) is 0 Å². The van der Waals surface area contributed by atoms with Gasteiger partial charge in [-0.05, 0) is 25.1 Å². The van der Waals surface area contributed by atoms with Gasteiger partial charge in [-0.25, -0.2) is 0 Å². The zero-order valence-corrected chi connectivity index (χ0v) is 11.2. The van der Waals surface area contributed by atoms with Crippen molar-refractivity contribution in [3.8, 4) is 0 Å². The van der Waals surface area contributed by atoms with Gasteiger partial charge in [-0.3, -0.25) is 0 Å². The second-order valence-corrected chi connectivity index (χ2v) is 5.15. The Balaban J connectivity index is 2.10. The topological polar surface area (TPSA) is 56.7 Å². The van der Waals surface area contributed by atoms with Crippen LogP contribution in [0.4, 0.5) is 5.69 Å². The van der Waals surface area contributed by atoms with E-state index in [2.05, 4.69) is 10.2 Å². The van der Waals surface area contributed by atoms with Gasteiger partial charge in [-0.2, -0.15) is 0 Å². The third-order valence-electron chi connectivity index (χ3n) is 2.51. The van der Waals surface area contributed by atoms with Crippen LogP contribution in [0.25, 0.3) is 0 Å². The minimum atomic E-state index is 0.654. The number of nitrogens with two attached hydrogens (primary N) is 1. The minimum Gasteiger partial charge on any atom is -0.398 e. The summed E-state index contributed by atoms with van der Waals surface area (Å²) >= 11 is 7.48. The number of rotatable bonds is 3. The summed E-state index contributed by atoms with van der Waals surface area (Å²) in [5, 5.41) is 8.77. The number of nitrogen functional groups attached to an aromatic ring is 1. The number of benzene rings is 1. The van der Waals surface area contributed by atoms with Crippen LogP contribution in [0.1, 0.15) is 11.6 Å². The van der Waals surface area contributed by atoms with Crippen LogP contribution >= 0.6 is 23.4 Å². The van der Waals surface area contributed by atoms with Crippen molar-refractivity contribution in [3.05, 3.63) is 34.9 Å². The molecule has 0 saturated heterocycles. The summed E-state index contributed by atoms with van der Waals surface area (Å²) in [6, 6.07) is 5.51. The summed E-state index contributed by atoms with van der Waals surface area (Å²) < 4.78 is 1.97. The molecule has 0 saturated carbocycles. The second kappa shape index (κ2) is 4.98. The van der Waals surface area contributed by atoms with Gasteiger partial charge in [0.05, 0.1) is 5.75 Å². The summed E-state index contributed by atoms with van der Waals surface area (Å²) in [4.78, 5) is 1.01. The van der Waals surface area contributed by atoms with E-state index in [0.717, 1.165) is 22.3 Å². The number of nitrogens with zero attached hydrogens (tertiary/aromatic N) is 3. The lowest BCUT2D eigenvalue weighted by atomic mass is 10.3. The molecule has 1 aromatic carbocycles. The van der Waals surface area contributed by atoms with Crippen molar-refractivity contribution in [3.63, 3.8) is 0 Å². The van der Waals surface area contributed by atoms with Gasteiger partial charge < -0.3 is 10.3 Å². The molecule has 0 fully saturated rings. The van der Waals surface area contributed by atoms with Crippen LogP contribution in [0, 0.1) is 6.92 Å². The molecule has 0 aliphatic heterocycles. The number of thioether (sulfide) groups is 1. The van der Waals surface area contributed by atoms with Crippen LogP contribution in [0.3, 0.4) is 0 Å². The summed E-state index contributed by atoms with van der Waals surface area (Å²) in [7, 11) is 1.95. The van der Waals surface area contributed by atoms with Gasteiger partial charge in [0, 0.05) is 22.7 Å². The van der Waals surface area contributed by atoms with Gasteiger partial charge in [0.2, 0.25) is 0 Å². The number of hydrogen-bond donors (Lipinski definition) is 1. The first-order valence-corrected chi connectivity index (χ1v) is 6.47. The molecule has 0 unspecified atom stereocenters. The lowest BCUT2D eigenvalue weighted by Crippen LogP contribution is -1.98. The first kappa shape index (κ1) is 12.3. The quantitative estimate of drug-likeness (QED) is 0.687. The number of aryl methyl sites for hydroxylation is 1. The zero-order valence-electron chi connectivity index (χ0n) is 9.64. The van der Waals surface area contributed by atoms with Gasteiger partial charge in [-0.15, -0.1) is 22.0 Å². The van der Waals surface area contributed by atoms with Crippen LogP contribution in [-0.4, -0.2) is 14.8 Å². The minimum absolute atomic E-state index is 0.654. The molecule has 2 rings (SSSR count). The van der Waals surface area contributed by atoms with Gasteiger partial charge in [0.25, 0.3) is 0 Å². The third-order valence-corrected chi connectivity index (χ3v) is 3.83. The number of anilines is 1. The average Bonchev–Trinajstić information content (AvgIpc) is 2.59. The zero-order chi connectivity index (χ0) is 12.4. The smallest absolute Gasteiger partial charge is 0.143 e. The SMILES string of the molecule is Cc1nnc(CSc2ccc(Cl)cc2N)n1C. The van der Waals surface area contributed by atoms with E-state index < -0.39 is 0 Å². The molecule has 0 amide bonds. The lowest BCUT2D eigenvalue weighted by Gasteiger charge is -2.05. The van der Waals surface area contributed by atoms with Crippen LogP contribution in [-0.2, 0) is 12.8 Å². The molecule has 17 heavy (non-hydrogen) atoms. The number of halogens is 1. The van der Waals surface area contributed by atoms with Crippen molar-refractivity contribution in [1.82, 2.24) is 14.8 Å². The Morgan fingerprint density at radius 3 is 2.76 bits per heavy atom. The molecule has 4 nitrogen and oxygen atoms in total. The molecule has 0 atom stereocenters. The summed E-state index contributed by atoms with van der Waals surface area (Å²) in [5.74, 6) is 2.58. The normalized spacial score (nSPS) is 10.8. The molecule has 0 aliphatic carbocycles. The third kappa shape index (κ3) is 2.73. The Kier molecular flexibility index (Phi) is 3.59. The molecule has 1 heterocycles. The van der Waals surface area contributed by atoms with E-state index in [1.54, 1.807) is 17.8 Å². The standard InChI is InChI=1S/C11H13ClN4S/c1-7-14-15-11(16(7)2)6-17-10-4-3-8(12)5-9(10)13/h3-5H,6,13H2,1-2H3. The van der Waals surface area contributed by atoms with Crippen molar-refractivity contribution in [1.29, 1.82) is 0 Å². The predicted molar refractivity (Wildman–Crippen MR) is 71.2 cm³/mol. The van der Waals surface area contributed by atoms with Gasteiger partial charge >= 0.3 is 0 Å². The average molecular weight is 269 g/mol. The highest BCUT2D eigenvalue weighted by atomic mass is 35.5. The summed E-state index contributed by atoms with van der Waals surface area (Å²) in [6.45, 7) is 1.93. The molecule has 2 aromatic rings. The Labute approximate surface area is 109 Å². The molecule has 0 radical (unpaired) electrons. The van der Waals surface area contributed by atoms with Crippen LogP contribution in [0.2, 0.25) is 5.02 Å². The highest BCUT2D eigenvalue weighted by Crippen LogP contribution is 2.29. The highest BCUT2D eigenvalue weighted by Gasteiger charge is 2.07. The van der Waals surface area contributed by atoms with Crippen LogP contribution in [0.5, 0.6) is 0 Å². The maximum atomic E-state index is 5.88. The Morgan fingerprint density at radius 1 is 1.41 bits per heavy atom. The van der Waals surface area contributed by atoms with Crippen LogP contribution < -0.4 is 5.73 Å². The fourth-order valence-electron chi connectivity index (χ4n) is 1.37. The van der Waals surface area contributed by atoms with E-state index in [4.69, 9.17) is 17.3 Å². The highest BCUT2D eigenvalue weighted by molar-refractivity contribution is 7.98. The Morgan fingerprint density at radius 2 is 2.18 bits per heavy atom. The van der Waals surface area contributed by atoms with E-state index in [-0.39, 0.29) is 0 Å². The van der Waals surface area contributed by atoms with Crippen molar-refractivity contribution >= 4 is 29.1 Å². The Hall–Kier alpha value is -1.20. The fraction of sp³-hybridized carbons (Fsp3) is 0.273. The second-order valence-electron chi connectivity index (χ2n) is 3.69. The van der Waals surface area contributed by atoms with Crippen molar-refractivity contribution in [2.45, 2.75) is 17.6 Å². The lowest BCUT2D eigenvalue weighted by molar-refractivity contribution is 0.817. The largest absolute Gasteiger partial charge is 0.398 e. The molecule has 0 bridgehead atoms. The molecule has 2 N–H and O–H groups in total. The van der Waals surface area contributed by atoms with E-state index >= 15 is 0 Å².